The van der Waals surface area contributed by atoms with Gasteiger partial charge in [0.1, 0.15) is 18.2 Å². The smallest absolute Gasteiger partial charge is 0.408 e. The second kappa shape index (κ2) is 12.2. The van der Waals surface area contributed by atoms with Gasteiger partial charge in [-0.3, -0.25) is 9.59 Å². The first-order valence-electron chi connectivity index (χ1n) is 11.7. The summed E-state index contributed by atoms with van der Waals surface area (Å²) in [5.41, 5.74) is 3.05. The average molecular weight is 468 g/mol. The van der Waals surface area contributed by atoms with Crippen molar-refractivity contribution in [2.45, 2.75) is 66.2 Å². The van der Waals surface area contributed by atoms with Crippen molar-refractivity contribution in [3.63, 3.8) is 0 Å². The van der Waals surface area contributed by atoms with Crippen LogP contribution in [0.2, 0.25) is 0 Å². The number of nitrogens with one attached hydrogen (secondary N) is 2. The minimum Gasteiger partial charge on any atom is -0.444 e. The molecule has 0 aliphatic carbocycles. The molecule has 0 saturated carbocycles. The number of rotatable bonds is 9. The predicted octanol–water partition coefficient (Wildman–Crippen LogP) is 4.42. The molecule has 7 nitrogen and oxygen atoms in total. The minimum atomic E-state index is -0.824. The maximum Gasteiger partial charge on any atom is 0.408 e. The first-order valence-corrected chi connectivity index (χ1v) is 11.7. The number of ether oxygens (including phenoxy) is 1. The second-order valence-corrected chi connectivity index (χ2v) is 9.47. The molecule has 1 atom stereocenters. The van der Waals surface area contributed by atoms with Gasteiger partial charge in [-0.25, -0.2) is 4.79 Å². The molecule has 0 aromatic heterocycles. The van der Waals surface area contributed by atoms with Crippen molar-refractivity contribution in [2.24, 2.45) is 0 Å². The average Bonchev–Trinajstić information content (AvgIpc) is 2.74. The zero-order chi connectivity index (χ0) is 25.3. The topological polar surface area (TPSA) is 87.7 Å². The van der Waals surface area contributed by atoms with Crippen LogP contribution in [0, 0.1) is 13.8 Å². The van der Waals surface area contributed by atoms with Crippen LogP contribution in [0.1, 0.15) is 62.4 Å². The van der Waals surface area contributed by atoms with Crippen molar-refractivity contribution in [1.29, 1.82) is 0 Å². The van der Waals surface area contributed by atoms with Crippen LogP contribution < -0.4 is 10.6 Å². The molecule has 7 heteroatoms. The zero-order valence-corrected chi connectivity index (χ0v) is 21.1. The molecule has 0 bridgehead atoms. The highest BCUT2D eigenvalue weighted by atomic mass is 16.6. The summed E-state index contributed by atoms with van der Waals surface area (Å²) in [7, 11) is 0. The van der Waals surface area contributed by atoms with Gasteiger partial charge in [-0.15, -0.1) is 0 Å². The third-order valence-corrected chi connectivity index (χ3v) is 5.00. The van der Waals surface area contributed by atoms with E-state index in [2.05, 4.69) is 10.6 Å². The van der Waals surface area contributed by atoms with Crippen LogP contribution in [-0.2, 0) is 20.9 Å². The van der Waals surface area contributed by atoms with Crippen LogP contribution in [0.3, 0.4) is 0 Å². The van der Waals surface area contributed by atoms with E-state index in [1.807, 2.05) is 69.3 Å². The molecule has 184 valence electrons. The van der Waals surface area contributed by atoms with E-state index in [1.165, 1.54) is 4.90 Å². The van der Waals surface area contributed by atoms with E-state index in [-0.39, 0.29) is 18.4 Å². The summed E-state index contributed by atoms with van der Waals surface area (Å²) in [5, 5.41) is 5.50. The van der Waals surface area contributed by atoms with E-state index in [0.29, 0.717) is 19.5 Å². The number of carbonyl (C=O) groups is 3. The number of hydrogen-bond acceptors (Lipinski definition) is 4. The SMILES string of the molecule is CCCN(C(=O)CNC(=O)OC(C)(C)C)C(C(=O)NCc1ccccc1)c1cc(C)cc(C)c1. The highest BCUT2D eigenvalue weighted by Gasteiger charge is 2.31. The van der Waals surface area contributed by atoms with Gasteiger partial charge in [-0.2, -0.15) is 0 Å². The number of alkyl carbamates (subject to hydrolysis) is 1. The van der Waals surface area contributed by atoms with Crippen LogP contribution in [-0.4, -0.2) is 41.5 Å². The monoisotopic (exact) mass is 467 g/mol. The molecule has 0 saturated heterocycles. The molecule has 2 aromatic rings. The fourth-order valence-electron chi connectivity index (χ4n) is 3.72. The Kier molecular flexibility index (Phi) is 9.66. The normalized spacial score (nSPS) is 11.9. The lowest BCUT2D eigenvalue weighted by molar-refractivity contribution is -0.140. The third kappa shape index (κ3) is 8.54. The maximum absolute atomic E-state index is 13.5. The van der Waals surface area contributed by atoms with E-state index < -0.39 is 17.7 Å². The molecule has 2 N–H and O–H groups in total. The standard InChI is InChI=1S/C27H37N3O4/c1-7-13-30(23(31)18-29-26(33)34-27(4,5)6)24(22-15-19(2)14-20(3)16-22)25(32)28-17-21-11-9-8-10-12-21/h8-12,14-16,24H,7,13,17-18H2,1-6H3,(H,28,32)(H,29,33). The summed E-state index contributed by atoms with van der Waals surface area (Å²) in [6.45, 7) is 11.6. The van der Waals surface area contributed by atoms with Gasteiger partial charge in [0.15, 0.2) is 0 Å². The summed E-state index contributed by atoms with van der Waals surface area (Å²) in [6.07, 6.45) is -0.0143. The summed E-state index contributed by atoms with van der Waals surface area (Å²) in [4.78, 5) is 40.3. The van der Waals surface area contributed by atoms with E-state index in [0.717, 1.165) is 22.3 Å². The molecule has 2 rings (SSSR count). The van der Waals surface area contributed by atoms with Crippen molar-refractivity contribution in [3.05, 3.63) is 70.8 Å². The van der Waals surface area contributed by atoms with Crippen LogP contribution in [0.15, 0.2) is 48.5 Å². The summed E-state index contributed by atoms with van der Waals surface area (Å²) in [6, 6.07) is 14.7. The van der Waals surface area contributed by atoms with Crippen molar-refractivity contribution >= 4 is 17.9 Å². The molecule has 0 heterocycles. The van der Waals surface area contributed by atoms with Crippen molar-refractivity contribution in [3.8, 4) is 0 Å². The lowest BCUT2D eigenvalue weighted by Crippen LogP contribution is -2.48. The Morgan fingerprint density at radius 1 is 0.971 bits per heavy atom. The first kappa shape index (κ1) is 26.9. The largest absolute Gasteiger partial charge is 0.444 e. The van der Waals surface area contributed by atoms with Gasteiger partial charge in [0.25, 0.3) is 0 Å². The minimum absolute atomic E-state index is 0.262. The van der Waals surface area contributed by atoms with E-state index >= 15 is 0 Å². The molecule has 3 amide bonds. The van der Waals surface area contributed by atoms with Gasteiger partial charge in [0.05, 0.1) is 0 Å². The quantitative estimate of drug-likeness (QED) is 0.571. The van der Waals surface area contributed by atoms with Gasteiger partial charge < -0.3 is 20.3 Å². The van der Waals surface area contributed by atoms with Gasteiger partial charge in [-0.1, -0.05) is 66.6 Å². The van der Waals surface area contributed by atoms with Crippen LogP contribution in [0.4, 0.5) is 4.79 Å². The van der Waals surface area contributed by atoms with Crippen LogP contribution >= 0.6 is 0 Å². The number of hydrogen-bond donors (Lipinski definition) is 2. The van der Waals surface area contributed by atoms with Gasteiger partial charge in [0.2, 0.25) is 11.8 Å². The molecular formula is C27H37N3O4. The van der Waals surface area contributed by atoms with Crippen molar-refractivity contribution in [2.75, 3.05) is 13.1 Å². The van der Waals surface area contributed by atoms with E-state index in [1.54, 1.807) is 20.8 Å². The third-order valence-electron chi connectivity index (χ3n) is 5.00. The lowest BCUT2D eigenvalue weighted by Gasteiger charge is -2.32. The highest BCUT2D eigenvalue weighted by molar-refractivity contribution is 5.90. The zero-order valence-electron chi connectivity index (χ0n) is 21.1. The number of amides is 3. The van der Waals surface area contributed by atoms with Crippen molar-refractivity contribution in [1.82, 2.24) is 15.5 Å². The Hall–Kier alpha value is -3.35. The van der Waals surface area contributed by atoms with E-state index in [4.69, 9.17) is 4.74 Å². The molecule has 0 aliphatic heterocycles. The van der Waals surface area contributed by atoms with Gasteiger partial charge >= 0.3 is 6.09 Å². The molecule has 0 radical (unpaired) electrons. The van der Waals surface area contributed by atoms with Crippen LogP contribution in [0.25, 0.3) is 0 Å². The number of benzene rings is 2. The molecule has 0 fully saturated rings. The second-order valence-electron chi connectivity index (χ2n) is 9.47. The predicted molar refractivity (Wildman–Crippen MR) is 133 cm³/mol. The Labute approximate surface area is 202 Å². The lowest BCUT2D eigenvalue weighted by atomic mass is 9.98. The van der Waals surface area contributed by atoms with Crippen molar-refractivity contribution < 1.29 is 19.1 Å². The fourth-order valence-corrected chi connectivity index (χ4v) is 3.72. The summed E-state index contributed by atoms with van der Waals surface area (Å²) < 4.78 is 5.24. The summed E-state index contributed by atoms with van der Waals surface area (Å²) >= 11 is 0. The maximum atomic E-state index is 13.5. The van der Waals surface area contributed by atoms with E-state index in [9.17, 15) is 14.4 Å². The van der Waals surface area contributed by atoms with Gasteiger partial charge in [-0.05, 0) is 52.2 Å². The molecule has 0 aliphatic rings. The Bertz CT molecular complexity index is 963. The summed E-state index contributed by atoms with van der Waals surface area (Å²) in [5.74, 6) is -0.625. The van der Waals surface area contributed by atoms with Gasteiger partial charge in [0, 0.05) is 13.1 Å². The first-order chi connectivity index (χ1) is 16.0. The molecule has 2 aromatic carbocycles. The molecular weight excluding hydrogens is 430 g/mol. The number of nitrogens with zero attached hydrogens (tertiary/aromatic N) is 1. The number of aryl methyl sites for hydroxylation is 2. The Balaban J connectivity index is 2.29. The Morgan fingerprint density at radius 2 is 1.59 bits per heavy atom. The fraction of sp³-hybridized carbons (Fsp3) is 0.444. The number of carbonyl (C=O) groups excluding carboxylic acids is 3. The molecule has 1 unspecified atom stereocenters. The highest BCUT2D eigenvalue weighted by Crippen LogP contribution is 2.24. The van der Waals surface area contributed by atoms with Crippen LogP contribution in [0.5, 0.6) is 0 Å². The Morgan fingerprint density at radius 3 is 2.15 bits per heavy atom. The molecule has 34 heavy (non-hydrogen) atoms. The molecule has 0 spiro atoms.